The maximum absolute atomic E-state index is 12.9. The molecule has 2 atom stereocenters. The second-order valence-electron chi connectivity index (χ2n) is 8.27. The van der Waals surface area contributed by atoms with E-state index >= 15 is 0 Å². The normalized spacial score (nSPS) is 17.6. The van der Waals surface area contributed by atoms with Gasteiger partial charge in [0.05, 0.1) is 13.5 Å². The summed E-state index contributed by atoms with van der Waals surface area (Å²) in [4.78, 5) is 29.9. The Morgan fingerprint density at radius 2 is 1.65 bits per heavy atom. The molecule has 1 aromatic heterocycles. The highest BCUT2D eigenvalue weighted by Crippen LogP contribution is 2.27. The average molecular weight is 480 g/mol. The van der Waals surface area contributed by atoms with Crippen LogP contribution in [0.5, 0.6) is 11.5 Å². The Morgan fingerprint density at radius 1 is 0.971 bits per heavy atom. The van der Waals surface area contributed by atoms with Crippen LogP contribution in [0, 0.1) is 0 Å². The number of amides is 2. The van der Waals surface area contributed by atoms with E-state index in [1.165, 1.54) is 11.3 Å². The summed E-state index contributed by atoms with van der Waals surface area (Å²) in [6.07, 6.45) is 4.06. The Balaban J connectivity index is 1.32. The monoisotopic (exact) mass is 479 g/mol. The molecular formula is C26H29N3O4S. The predicted molar refractivity (Wildman–Crippen MR) is 131 cm³/mol. The van der Waals surface area contributed by atoms with Crippen LogP contribution in [0.1, 0.15) is 46.7 Å². The smallest absolute Gasteiger partial charge is 0.271 e. The quantitative estimate of drug-likeness (QED) is 0.482. The number of carbonyl (C=O) groups is 2. The summed E-state index contributed by atoms with van der Waals surface area (Å²) < 4.78 is 11.1. The Labute approximate surface area is 203 Å². The molecule has 3 aromatic rings. The molecule has 4 rings (SSSR count). The molecule has 0 aliphatic heterocycles. The molecule has 2 amide bonds. The summed E-state index contributed by atoms with van der Waals surface area (Å²) in [6, 6.07) is 16.9. The van der Waals surface area contributed by atoms with Crippen LogP contribution in [0.2, 0.25) is 0 Å². The zero-order valence-corrected chi connectivity index (χ0v) is 20.0. The zero-order chi connectivity index (χ0) is 23.8. The number of methoxy groups -OCH3 is 1. The Morgan fingerprint density at radius 3 is 2.38 bits per heavy atom. The fraction of sp³-hybridized carbons (Fsp3) is 0.346. The van der Waals surface area contributed by atoms with Crippen molar-refractivity contribution in [2.45, 2.75) is 50.8 Å². The number of rotatable bonds is 9. The lowest BCUT2D eigenvalue weighted by atomic mass is 9.90. The van der Waals surface area contributed by atoms with E-state index in [1.54, 1.807) is 12.5 Å². The van der Waals surface area contributed by atoms with E-state index in [0.29, 0.717) is 28.6 Å². The minimum atomic E-state index is -0.228. The molecule has 8 heteroatoms. The third-order valence-electron chi connectivity index (χ3n) is 5.84. The van der Waals surface area contributed by atoms with Gasteiger partial charge in [-0.15, -0.1) is 11.3 Å². The number of nitrogens with one attached hydrogen (secondary N) is 2. The Bertz CT molecular complexity index is 1100. The van der Waals surface area contributed by atoms with Crippen molar-refractivity contribution < 1.29 is 19.1 Å². The van der Waals surface area contributed by atoms with Crippen molar-refractivity contribution in [1.82, 2.24) is 15.6 Å². The van der Waals surface area contributed by atoms with Crippen molar-refractivity contribution >= 4 is 23.2 Å². The van der Waals surface area contributed by atoms with Gasteiger partial charge in [0.2, 0.25) is 5.91 Å². The van der Waals surface area contributed by atoms with Gasteiger partial charge in [-0.1, -0.05) is 55.3 Å². The van der Waals surface area contributed by atoms with Crippen LogP contribution >= 0.6 is 11.3 Å². The van der Waals surface area contributed by atoms with Crippen LogP contribution < -0.4 is 20.1 Å². The Kier molecular flexibility index (Phi) is 8.14. The highest BCUT2D eigenvalue weighted by atomic mass is 32.1. The third kappa shape index (κ3) is 6.35. The van der Waals surface area contributed by atoms with Crippen molar-refractivity contribution in [2.24, 2.45) is 0 Å². The van der Waals surface area contributed by atoms with Gasteiger partial charge in [0.15, 0.2) is 11.5 Å². The summed E-state index contributed by atoms with van der Waals surface area (Å²) in [7, 11) is 1.59. The molecule has 0 unspecified atom stereocenters. The zero-order valence-electron chi connectivity index (χ0n) is 19.2. The van der Waals surface area contributed by atoms with Crippen molar-refractivity contribution in [3.05, 3.63) is 76.2 Å². The van der Waals surface area contributed by atoms with Crippen LogP contribution in [0.25, 0.3) is 0 Å². The van der Waals surface area contributed by atoms with Gasteiger partial charge in [-0.2, -0.15) is 0 Å². The van der Waals surface area contributed by atoms with E-state index in [0.717, 1.165) is 31.2 Å². The Hall–Kier alpha value is -3.39. The van der Waals surface area contributed by atoms with Gasteiger partial charge in [0.1, 0.15) is 17.3 Å². The van der Waals surface area contributed by atoms with Gasteiger partial charge in [-0.25, -0.2) is 4.98 Å². The average Bonchev–Trinajstić information content (AvgIpc) is 3.34. The van der Waals surface area contributed by atoms with Crippen LogP contribution in [0.4, 0.5) is 0 Å². The number of benzene rings is 2. The van der Waals surface area contributed by atoms with E-state index in [1.807, 2.05) is 54.6 Å². The van der Waals surface area contributed by atoms with Crippen molar-refractivity contribution in [3.8, 4) is 11.5 Å². The lowest BCUT2D eigenvalue weighted by Gasteiger charge is -2.32. The van der Waals surface area contributed by atoms with E-state index in [-0.39, 0.29) is 30.5 Å². The van der Waals surface area contributed by atoms with Gasteiger partial charge < -0.3 is 20.1 Å². The highest BCUT2D eigenvalue weighted by molar-refractivity contribution is 7.09. The molecule has 0 spiro atoms. The number of carbonyl (C=O) groups excluding carboxylic acids is 2. The van der Waals surface area contributed by atoms with Gasteiger partial charge in [-0.05, 0) is 30.5 Å². The summed E-state index contributed by atoms with van der Waals surface area (Å²) in [5.74, 6) is 1.02. The number of para-hydroxylation sites is 2. The topological polar surface area (TPSA) is 89.6 Å². The summed E-state index contributed by atoms with van der Waals surface area (Å²) in [6.45, 7) is 0.250. The summed E-state index contributed by atoms with van der Waals surface area (Å²) in [5, 5.41) is 8.65. The molecule has 0 radical (unpaired) electrons. The first-order chi connectivity index (χ1) is 16.6. The first-order valence-electron chi connectivity index (χ1n) is 11.5. The first-order valence-corrected chi connectivity index (χ1v) is 12.3. The maximum Gasteiger partial charge on any atom is 0.271 e. The molecule has 1 saturated carbocycles. The predicted octanol–water partition coefficient (Wildman–Crippen LogP) is 4.13. The first kappa shape index (κ1) is 23.8. The second kappa shape index (κ2) is 11.7. The third-order valence-corrected chi connectivity index (χ3v) is 6.66. The second-order valence-corrected chi connectivity index (χ2v) is 9.21. The SMILES string of the molecule is COc1ccccc1OCc1nc(C(=O)N[C@@H]2CCCC[C@H]2NC(=O)Cc2ccccc2)cs1. The number of thiazole rings is 1. The molecule has 1 aliphatic carbocycles. The fourth-order valence-electron chi connectivity index (χ4n) is 4.12. The highest BCUT2D eigenvalue weighted by Gasteiger charge is 2.28. The number of ether oxygens (including phenoxy) is 2. The molecule has 1 fully saturated rings. The number of hydrogen-bond acceptors (Lipinski definition) is 6. The number of nitrogens with zero attached hydrogens (tertiary/aromatic N) is 1. The van der Waals surface area contributed by atoms with Crippen LogP contribution in [-0.4, -0.2) is 36.0 Å². The molecule has 178 valence electrons. The number of hydrogen-bond donors (Lipinski definition) is 2. The molecule has 2 aromatic carbocycles. The van der Waals surface area contributed by atoms with E-state index in [4.69, 9.17) is 9.47 Å². The minimum Gasteiger partial charge on any atom is -0.493 e. The van der Waals surface area contributed by atoms with Gasteiger partial charge in [0.25, 0.3) is 5.91 Å². The van der Waals surface area contributed by atoms with Gasteiger partial charge in [0, 0.05) is 17.5 Å². The number of aromatic nitrogens is 1. The maximum atomic E-state index is 12.9. The van der Waals surface area contributed by atoms with E-state index < -0.39 is 0 Å². The van der Waals surface area contributed by atoms with Gasteiger partial charge >= 0.3 is 0 Å². The van der Waals surface area contributed by atoms with Crippen molar-refractivity contribution in [2.75, 3.05) is 7.11 Å². The van der Waals surface area contributed by atoms with E-state index in [9.17, 15) is 9.59 Å². The van der Waals surface area contributed by atoms with Gasteiger partial charge in [-0.3, -0.25) is 9.59 Å². The van der Waals surface area contributed by atoms with Crippen molar-refractivity contribution in [3.63, 3.8) is 0 Å². The fourth-order valence-corrected chi connectivity index (χ4v) is 4.80. The molecule has 0 bridgehead atoms. The molecule has 7 nitrogen and oxygen atoms in total. The van der Waals surface area contributed by atoms with Crippen LogP contribution in [0.3, 0.4) is 0 Å². The minimum absolute atomic E-state index is 0.0261. The standard InChI is InChI=1S/C26H29N3O4S/c1-32-22-13-7-8-14-23(22)33-16-25-28-21(17-34-25)26(31)29-20-12-6-5-11-19(20)27-24(30)15-18-9-3-2-4-10-18/h2-4,7-10,13-14,17,19-20H,5-6,11-12,15-16H2,1H3,(H,27,30)(H,29,31)/t19-,20-/m1/s1. The lowest BCUT2D eigenvalue weighted by Crippen LogP contribution is -2.53. The summed E-state index contributed by atoms with van der Waals surface area (Å²) >= 11 is 1.38. The lowest BCUT2D eigenvalue weighted by molar-refractivity contribution is -0.121. The van der Waals surface area contributed by atoms with Crippen molar-refractivity contribution in [1.29, 1.82) is 0 Å². The largest absolute Gasteiger partial charge is 0.493 e. The molecule has 2 N–H and O–H groups in total. The molecule has 0 saturated heterocycles. The van der Waals surface area contributed by atoms with E-state index in [2.05, 4.69) is 15.6 Å². The molecule has 1 aliphatic rings. The van der Waals surface area contributed by atoms with Crippen LogP contribution in [-0.2, 0) is 17.8 Å². The van der Waals surface area contributed by atoms with Crippen LogP contribution in [0.15, 0.2) is 60.0 Å². The molecular weight excluding hydrogens is 450 g/mol. The molecule has 1 heterocycles. The summed E-state index contributed by atoms with van der Waals surface area (Å²) in [5.41, 5.74) is 1.34. The molecule has 34 heavy (non-hydrogen) atoms.